The number of benzene rings is 1. The number of carbonyl (C=O) groups excluding carboxylic acids is 1. The topological polar surface area (TPSA) is 97.6 Å². The minimum Gasteiger partial charge on any atom is -0.346 e. The van der Waals surface area contributed by atoms with Gasteiger partial charge in [0.1, 0.15) is 0 Å². The number of hydrogen-bond acceptors (Lipinski definition) is 4. The molecule has 1 fully saturated rings. The van der Waals surface area contributed by atoms with E-state index in [1.807, 2.05) is 34.9 Å². The Labute approximate surface area is 211 Å². The zero-order valence-electron chi connectivity index (χ0n) is 22.1. The molecule has 36 heavy (non-hydrogen) atoms. The molecule has 8 heteroatoms. The smallest absolute Gasteiger partial charge is 0.330 e. The van der Waals surface area contributed by atoms with E-state index in [1.54, 1.807) is 11.6 Å². The number of aromatic nitrogens is 5. The maximum atomic E-state index is 13.1. The standard InChI is InChI=1S/C28H36N6O2/c1-27(2,3)16-34-21-12-11-18(31-24(21)33(6)26(34)36)17-13-14-28(4,5)22(15-17)32-25(35)23-29-19-9-7-8-10-20(19)30-23/h7-12,17,22H,13-16H2,1-6H3,(H,29,30)(H,32,35). The van der Waals surface area contributed by atoms with Crippen LogP contribution in [0.1, 0.15) is 76.1 Å². The zero-order valence-corrected chi connectivity index (χ0v) is 22.1. The van der Waals surface area contributed by atoms with E-state index < -0.39 is 0 Å². The average molecular weight is 489 g/mol. The summed E-state index contributed by atoms with van der Waals surface area (Å²) >= 11 is 0. The van der Waals surface area contributed by atoms with Gasteiger partial charge in [0.25, 0.3) is 5.91 Å². The minimum atomic E-state index is -0.185. The van der Waals surface area contributed by atoms with Crippen molar-refractivity contribution in [3.8, 4) is 0 Å². The molecule has 4 aromatic rings. The number of nitrogens with zero attached hydrogens (tertiary/aromatic N) is 4. The average Bonchev–Trinajstić information content (AvgIpc) is 3.35. The molecule has 3 heterocycles. The number of aryl methyl sites for hydroxylation is 1. The van der Waals surface area contributed by atoms with Gasteiger partial charge in [-0.2, -0.15) is 0 Å². The van der Waals surface area contributed by atoms with E-state index in [9.17, 15) is 9.59 Å². The molecule has 1 saturated carbocycles. The van der Waals surface area contributed by atoms with Gasteiger partial charge >= 0.3 is 5.69 Å². The van der Waals surface area contributed by atoms with Crippen LogP contribution in [0.2, 0.25) is 0 Å². The van der Waals surface area contributed by atoms with Crippen LogP contribution in [0.15, 0.2) is 41.2 Å². The summed E-state index contributed by atoms with van der Waals surface area (Å²) in [5, 5.41) is 3.25. The highest BCUT2D eigenvalue weighted by molar-refractivity contribution is 5.94. The first kappa shape index (κ1) is 24.3. The molecule has 8 nitrogen and oxygen atoms in total. The molecular formula is C28H36N6O2. The van der Waals surface area contributed by atoms with Gasteiger partial charge in [-0.05, 0) is 54.4 Å². The number of fused-ring (bicyclic) bond motifs is 2. The molecule has 2 N–H and O–H groups in total. The number of para-hydroxylation sites is 2. The van der Waals surface area contributed by atoms with Crippen LogP contribution in [0.5, 0.6) is 0 Å². The summed E-state index contributed by atoms with van der Waals surface area (Å²) in [6.07, 6.45) is 2.74. The lowest BCUT2D eigenvalue weighted by atomic mass is 9.68. The molecule has 2 atom stereocenters. The lowest BCUT2D eigenvalue weighted by molar-refractivity contribution is 0.0827. The van der Waals surface area contributed by atoms with Crippen LogP contribution in [0.4, 0.5) is 0 Å². The Morgan fingerprint density at radius 2 is 1.92 bits per heavy atom. The van der Waals surface area contributed by atoms with E-state index >= 15 is 0 Å². The van der Waals surface area contributed by atoms with Crippen molar-refractivity contribution in [3.05, 3.63) is 58.4 Å². The van der Waals surface area contributed by atoms with Gasteiger partial charge in [-0.3, -0.25) is 13.9 Å². The van der Waals surface area contributed by atoms with Crippen LogP contribution < -0.4 is 11.0 Å². The minimum absolute atomic E-state index is 0.0169. The van der Waals surface area contributed by atoms with Gasteiger partial charge in [0.2, 0.25) is 0 Å². The number of nitrogens with one attached hydrogen (secondary N) is 2. The van der Waals surface area contributed by atoms with Crippen LogP contribution in [-0.4, -0.2) is 36.0 Å². The highest BCUT2D eigenvalue weighted by Gasteiger charge is 2.39. The lowest BCUT2D eigenvalue weighted by Gasteiger charge is -2.42. The first-order valence-electron chi connectivity index (χ1n) is 12.7. The largest absolute Gasteiger partial charge is 0.346 e. The second-order valence-electron chi connectivity index (χ2n) is 12.2. The molecule has 190 valence electrons. The van der Waals surface area contributed by atoms with Crippen molar-refractivity contribution < 1.29 is 4.79 Å². The van der Waals surface area contributed by atoms with Crippen molar-refractivity contribution >= 4 is 28.1 Å². The van der Waals surface area contributed by atoms with Crippen LogP contribution >= 0.6 is 0 Å². The summed E-state index contributed by atoms with van der Waals surface area (Å²) in [6, 6.07) is 11.7. The Morgan fingerprint density at radius 3 is 2.64 bits per heavy atom. The first-order valence-corrected chi connectivity index (χ1v) is 12.7. The van der Waals surface area contributed by atoms with E-state index in [0.717, 1.165) is 47.2 Å². The monoisotopic (exact) mass is 488 g/mol. The molecule has 1 aromatic carbocycles. The summed E-state index contributed by atoms with van der Waals surface area (Å²) in [5.74, 6) is 0.350. The molecular weight excluding hydrogens is 452 g/mol. The SMILES string of the molecule is Cn1c(=O)n(CC(C)(C)C)c2ccc(C3CCC(C)(C)C(NC(=O)c4nc5ccccc5[nH]4)C3)nc21. The number of aromatic amines is 1. The number of H-pyrrole nitrogens is 1. The highest BCUT2D eigenvalue weighted by atomic mass is 16.2. The predicted molar refractivity (Wildman–Crippen MR) is 142 cm³/mol. The third kappa shape index (κ3) is 4.45. The number of carbonyl (C=O) groups is 1. The van der Waals surface area contributed by atoms with E-state index in [4.69, 9.17) is 4.98 Å². The molecule has 1 aliphatic carbocycles. The van der Waals surface area contributed by atoms with Crippen LogP contribution in [0.25, 0.3) is 22.2 Å². The quantitative estimate of drug-likeness (QED) is 0.433. The van der Waals surface area contributed by atoms with E-state index in [1.165, 1.54) is 0 Å². The molecule has 0 aliphatic heterocycles. The Balaban J connectivity index is 1.40. The number of pyridine rings is 1. The van der Waals surface area contributed by atoms with Crippen molar-refractivity contribution in [2.75, 3.05) is 0 Å². The van der Waals surface area contributed by atoms with E-state index in [-0.39, 0.29) is 34.4 Å². The fraction of sp³-hybridized carbons (Fsp3) is 0.500. The molecule has 2 unspecified atom stereocenters. The van der Waals surface area contributed by atoms with Gasteiger partial charge in [-0.25, -0.2) is 14.8 Å². The van der Waals surface area contributed by atoms with Gasteiger partial charge in [0, 0.05) is 31.2 Å². The maximum Gasteiger partial charge on any atom is 0.330 e. The summed E-state index contributed by atoms with van der Waals surface area (Å²) in [5.41, 5.74) is 4.09. The van der Waals surface area contributed by atoms with Gasteiger partial charge in [-0.1, -0.05) is 46.8 Å². The summed E-state index contributed by atoms with van der Waals surface area (Å²) in [4.78, 5) is 38.6. The van der Waals surface area contributed by atoms with Crippen LogP contribution in [-0.2, 0) is 13.6 Å². The van der Waals surface area contributed by atoms with Crippen molar-refractivity contribution in [1.82, 2.24) is 29.4 Å². The Bertz CT molecular complexity index is 1470. The summed E-state index contributed by atoms with van der Waals surface area (Å²) in [7, 11) is 1.79. The third-order valence-electron chi connectivity index (χ3n) is 7.56. The fourth-order valence-corrected chi connectivity index (χ4v) is 5.39. The summed E-state index contributed by atoms with van der Waals surface area (Å²) in [6.45, 7) is 11.4. The highest BCUT2D eigenvalue weighted by Crippen LogP contribution is 2.42. The third-order valence-corrected chi connectivity index (χ3v) is 7.56. The van der Waals surface area contributed by atoms with E-state index in [0.29, 0.717) is 12.4 Å². The number of imidazole rings is 2. The molecule has 0 spiro atoms. The summed E-state index contributed by atoms with van der Waals surface area (Å²) < 4.78 is 3.48. The van der Waals surface area contributed by atoms with Gasteiger partial charge in [0.05, 0.1) is 16.6 Å². The Kier molecular flexibility index (Phi) is 5.80. The molecule has 0 radical (unpaired) electrons. The van der Waals surface area contributed by atoms with Gasteiger partial charge < -0.3 is 10.3 Å². The predicted octanol–water partition coefficient (Wildman–Crippen LogP) is 4.75. The molecule has 0 bridgehead atoms. The second kappa shape index (κ2) is 8.61. The van der Waals surface area contributed by atoms with Crippen molar-refractivity contribution in [2.45, 2.75) is 72.4 Å². The molecule has 5 rings (SSSR count). The van der Waals surface area contributed by atoms with Gasteiger partial charge in [-0.15, -0.1) is 0 Å². The second-order valence-corrected chi connectivity index (χ2v) is 12.2. The number of rotatable bonds is 4. The van der Waals surface area contributed by atoms with Crippen LogP contribution in [0, 0.1) is 10.8 Å². The van der Waals surface area contributed by atoms with E-state index in [2.05, 4.69) is 56.0 Å². The first-order chi connectivity index (χ1) is 16.9. The lowest BCUT2D eigenvalue weighted by Crippen LogP contribution is -2.48. The van der Waals surface area contributed by atoms with Crippen LogP contribution in [0.3, 0.4) is 0 Å². The van der Waals surface area contributed by atoms with Gasteiger partial charge in [0.15, 0.2) is 11.5 Å². The van der Waals surface area contributed by atoms with Crippen molar-refractivity contribution in [1.29, 1.82) is 0 Å². The van der Waals surface area contributed by atoms with Crippen molar-refractivity contribution in [2.24, 2.45) is 17.9 Å². The van der Waals surface area contributed by atoms with Crippen molar-refractivity contribution in [3.63, 3.8) is 0 Å². The fourth-order valence-electron chi connectivity index (χ4n) is 5.39. The number of hydrogen-bond donors (Lipinski definition) is 2. The molecule has 3 aromatic heterocycles. The zero-order chi connectivity index (χ0) is 25.8. The normalized spacial score (nSPS) is 20.2. The Hall–Kier alpha value is -3.42. The molecule has 0 saturated heterocycles. The molecule has 1 amide bonds. The molecule has 1 aliphatic rings. The number of amides is 1. The maximum absolute atomic E-state index is 13.1. The Morgan fingerprint density at radius 1 is 1.17 bits per heavy atom.